The van der Waals surface area contributed by atoms with E-state index in [2.05, 4.69) is 10.3 Å². The molecule has 11 heteroatoms. The third kappa shape index (κ3) is 4.92. The molecular weight excluding hydrogens is 510 g/mol. The zero-order chi connectivity index (χ0) is 27.6. The first-order valence-electron chi connectivity index (χ1n) is 11.7. The maximum atomic E-state index is 13.7. The SMILES string of the molecule is CCOC(=O)C1=C(C)N=c2s/c(=C\Nc3cc(C(=O)O)ccc3C)c(=O)n2[C@@H]1c1ccc(OC)c(OC)c1. The molecule has 0 amide bonds. The van der Waals surface area contributed by atoms with E-state index in [1.54, 1.807) is 38.1 Å². The first-order valence-corrected chi connectivity index (χ1v) is 12.5. The largest absolute Gasteiger partial charge is 0.493 e. The van der Waals surface area contributed by atoms with E-state index < -0.39 is 18.0 Å². The van der Waals surface area contributed by atoms with E-state index in [0.29, 0.717) is 37.8 Å². The van der Waals surface area contributed by atoms with E-state index in [9.17, 15) is 19.5 Å². The van der Waals surface area contributed by atoms with Crippen LogP contribution < -0.4 is 29.7 Å². The van der Waals surface area contributed by atoms with Gasteiger partial charge in [-0.2, -0.15) is 0 Å². The van der Waals surface area contributed by atoms with E-state index in [-0.39, 0.29) is 23.3 Å². The Kier molecular flexibility index (Phi) is 7.67. The van der Waals surface area contributed by atoms with E-state index in [4.69, 9.17) is 14.2 Å². The van der Waals surface area contributed by atoms with Gasteiger partial charge in [-0.15, -0.1) is 0 Å². The van der Waals surface area contributed by atoms with Gasteiger partial charge in [0.2, 0.25) is 0 Å². The van der Waals surface area contributed by atoms with Crippen molar-refractivity contribution in [2.75, 3.05) is 26.1 Å². The molecule has 0 saturated heterocycles. The predicted octanol–water partition coefficient (Wildman–Crippen LogP) is 2.84. The molecule has 0 fully saturated rings. The molecule has 0 radical (unpaired) electrons. The van der Waals surface area contributed by atoms with Gasteiger partial charge in [0.05, 0.1) is 43.7 Å². The maximum absolute atomic E-state index is 13.7. The zero-order valence-corrected chi connectivity index (χ0v) is 22.3. The van der Waals surface area contributed by atoms with Gasteiger partial charge in [-0.3, -0.25) is 9.36 Å². The lowest BCUT2D eigenvalue weighted by molar-refractivity contribution is -0.139. The summed E-state index contributed by atoms with van der Waals surface area (Å²) in [7, 11) is 3.03. The van der Waals surface area contributed by atoms with Crippen LogP contribution in [0.3, 0.4) is 0 Å². The molecule has 1 aliphatic heterocycles. The Morgan fingerprint density at radius 2 is 1.87 bits per heavy atom. The van der Waals surface area contributed by atoms with Crippen molar-refractivity contribution in [3.8, 4) is 11.5 Å². The number of aromatic nitrogens is 1. The molecule has 0 saturated carbocycles. The molecule has 10 nitrogen and oxygen atoms in total. The van der Waals surface area contributed by atoms with Gasteiger partial charge in [-0.25, -0.2) is 14.6 Å². The highest BCUT2D eigenvalue weighted by molar-refractivity contribution is 7.07. The third-order valence-corrected chi connectivity index (χ3v) is 7.07. The van der Waals surface area contributed by atoms with Crippen LogP contribution >= 0.6 is 11.3 Å². The topological polar surface area (TPSA) is 128 Å². The van der Waals surface area contributed by atoms with Gasteiger partial charge in [-0.05, 0) is 56.2 Å². The van der Waals surface area contributed by atoms with Crippen LogP contribution in [0.1, 0.15) is 41.4 Å². The quantitative estimate of drug-likeness (QED) is 0.420. The number of methoxy groups -OCH3 is 2. The molecule has 1 aromatic heterocycles. The smallest absolute Gasteiger partial charge is 0.338 e. The van der Waals surface area contributed by atoms with Crippen molar-refractivity contribution >= 4 is 35.2 Å². The highest BCUT2D eigenvalue weighted by Crippen LogP contribution is 2.36. The monoisotopic (exact) mass is 537 g/mol. The number of carbonyl (C=O) groups is 2. The molecule has 1 atom stereocenters. The third-order valence-electron chi connectivity index (χ3n) is 6.08. The number of carboxylic acids is 1. The lowest BCUT2D eigenvalue weighted by atomic mass is 9.95. The molecule has 0 bridgehead atoms. The Bertz CT molecular complexity index is 1630. The molecule has 198 valence electrons. The Balaban J connectivity index is 1.88. The number of hydrogen-bond acceptors (Lipinski definition) is 9. The number of hydrogen-bond donors (Lipinski definition) is 2. The molecule has 0 aliphatic carbocycles. The minimum Gasteiger partial charge on any atom is -0.493 e. The Hall–Kier alpha value is -4.38. The van der Waals surface area contributed by atoms with Crippen molar-refractivity contribution in [3.63, 3.8) is 0 Å². The summed E-state index contributed by atoms with van der Waals surface area (Å²) < 4.78 is 17.9. The highest BCUT2D eigenvalue weighted by Gasteiger charge is 2.34. The second-order valence-electron chi connectivity index (χ2n) is 8.40. The number of nitrogens with zero attached hydrogens (tertiary/aromatic N) is 2. The molecule has 0 unspecified atom stereocenters. The summed E-state index contributed by atoms with van der Waals surface area (Å²) in [6, 6.07) is 9.08. The number of rotatable bonds is 8. The summed E-state index contributed by atoms with van der Waals surface area (Å²) in [5.41, 5.74) is 2.41. The first kappa shape index (κ1) is 26.7. The second kappa shape index (κ2) is 10.9. The molecule has 2 aromatic carbocycles. The lowest BCUT2D eigenvalue weighted by Crippen LogP contribution is -2.40. The molecular formula is C27H27N3O7S. The van der Waals surface area contributed by atoms with Crippen LogP contribution in [0, 0.1) is 6.92 Å². The van der Waals surface area contributed by atoms with Gasteiger partial charge in [-0.1, -0.05) is 23.5 Å². The van der Waals surface area contributed by atoms with Crippen molar-refractivity contribution in [2.24, 2.45) is 4.99 Å². The number of esters is 1. The number of thiazole rings is 1. The Morgan fingerprint density at radius 1 is 1.13 bits per heavy atom. The van der Waals surface area contributed by atoms with Gasteiger partial charge >= 0.3 is 11.9 Å². The fraction of sp³-hybridized carbons (Fsp3) is 0.259. The number of ether oxygens (including phenoxy) is 3. The zero-order valence-electron chi connectivity index (χ0n) is 21.5. The van der Waals surface area contributed by atoms with Crippen LogP contribution in [0.2, 0.25) is 0 Å². The highest BCUT2D eigenvalue weighted by atomic mass is 32.1. The number of benzene rings is 2. The fourth-order valence-electron chi connectivity index (χ4n) is 4.18. The number of fused-ring (bicyclic) bond motifs is 1. The molecule has 4 rings (SSSR count). The summed E-state index contributed by atoms with van der Waals surface area (Å²) >= 11 is 1.15. The minimum absolute atomic E-state index is 0.121. The fourth-order valence-corrected chi connectivity index (χ4v) is 5.15. The van der Waals surface area contributed by atoms with E-state index in [1.807, 2.05) is 6.92 Å². The Morgan fingerprint density at radius 3 is 2.53 bits per heavy atom. The normalized spacial score (nSPS) is 15.0. The number of aromatic carboxylic acids is 1. The van der Waals surface area contributed by atoms with Gasteiger partial charge < -0.3 is 24.6 Å². The van der Waals surface area contributed by atoms with Crippen LogP contribution in [0.4, 0.5) is 5.69 Å². The van der Waals surface area contributed by atoms with Gasteiger partial charge in [0.15, 0.2) is 16.3 Å². The second-order valence-corrected chi connectivity index (χ2v) is 9.40. The van der Waals surface area contributed by atoms with Crippen LogP contribution in [0.25, 0.3) is 6.20 Å². The molecule has 2 N–H and O–H groups in total. The van der Waals surface area contributed by atoms with Crippen molar-refractivity contribution in [3.05, 3.63) is 84.0 Å². The van der Waals surface area contributed by atoms with E-state index in [0.717, 1.165) is 16.9 Å². The number of nitrogens with one attached hydrogen (secondary N) is 1. The van der Waals surface area contributed by atoms with Crippen molar-refractivity contribution in [1.82, 2.24) is 4.57 Å². The molecule has 0 spiro atoms. The van der Waals surface area contributed by atoms with Crippen LogP contribution in [0.5, 0.6) is 11.5 Å². The minimum atomic E-state index is -1.05. The number of allylic oxidation sites excluding steroid dienone is 1. The first-order chi connectivity index (χ1) is 18.2. The number of carbonyl (C=O) groups excluding carboxylic acids is 1. The standard InChI is InChI=1S/C27H27N3O7S/c1-6-37-26(34)22-15(3)29-27-30(23(22)16-9-10-19(35-4)20(12-16)36-5)24(31)21(38-27)13-28-18-11-17(25(32)33)8-7-14(18)2/h7-13,23,28H,6H2,1-5H3,(H,32,33)/b21-13-/t23-/m1/s1. The van der Waals surface area contributed by atoms with Crippen LogP contribution in [0.15, 0.2) is 57.5 Å². The average molecular weight is 538 g/mol. The van der Waals surface area contributed by atoms with E-state index >= 15 is 0 Å². The van der Waals surface area contributed by atoms with Crippen molar-refractivity contribution < 1.29 is 28.9 Å². The predicted molar refractivity (Wildman–Crippen MR) is 143 cm³/mol. The van der Waals surface area contributed by atoms with Crippen molar-refractivity contribution in [1.29, 1.82) is 0 Å². The number of carboxylic acid groups (broad SMARTS) is 1. The Labute approximate surface area is 222 Å². The van der Waals surface area contributed by atoms with E-state index in [1.165, 1.54) is 37.1 Å². The summed E-state index contributed by atoms with van der Waals surface area (Å²) in [5.74, 6) is -0.669. The summed E-state index contributed by atoms with van der Waals surface area (Å²) in [4.78, 5) is 43.1. The summed E-state index contributed by atoms with van der Waals surface area (Å²) in [6.45, 7) is 5.41. The lowest BCUT2D eigenvalue weighted by Gasteiger charge is -2.25. The summed E-state index contributed by atoms with van der Waals surface area (Å²) in [6.07, 6.45) is 1.52. The molecule has 3 aromatic rings. The van der Waals surface area contributed by atoms with Crippen LogP contribution in [-0.2, 0) is 9.53 Å². The molecule has 2 heterocycles. The molecule has 38 heavy (non-hydrogen) atoms. The summed E-state index contributed by atoms with van der Waals surface area (Å²) in [5, 5.41) is 12.4. The number of aryl methyl sites for hydroxylation is 1. The number of anilines is 1. The molecule has 1 aliphatic rings. The van der Waals surface area contributed by atoms with Gasteiger partial charge in [0.25, 0.3) is 5.56 Å². The van der Waals surface area contributed by atoms with Crippen LogP contribution in [-0.4, -0.2) is 42.4 Å². The van der Waals surface area contributed by atoms with Gasteiger partial charge in [0, 0.05) is 11.9 Å². The van der Waals surface area contributed by atoms with Crippen molar-refractivity contribution in [2.45, 2.75) is 26.8 Å². The van der Waals surface area contributed by atoms with Gasteiger partial charge in [0.1, 0.15) is 4.53 Å². The average Bonchev–Trinajstić information content (AvgIpc) is 3.21. The maximum Gasteiger partial charge on any atom is 0.338 e.